The van der Waals surface area contributed by atoms with E-state index in [4.69, 9.17) is 21.4 Å². The quantitative estimate of drug-likeness (QED) is 0.408. The van der Waals surface area contributed by atoms with Crippen LogP contribution in [0.15, 0.2) is 41.3 Å². The summed E-state index contributed by atoms with van der Waals surface area (Å²) in [6.07, 6.45) is -2.52. The van der Waals surface area contributed by atoms with Crippen molar-refractivity contribution in [3.63, 3.8) is 0 Å². The first-order valence-electron chi connectivity index (χ1n) is 9.74. The molecule has 2 atom stereocenters. The maximum atomic E-state index is 14.6. The summed E-state index contributed by atoms with van der Waals surface area (Å²) in [5.74, 6) is -2.74. The number of aliphatic hydroxyl groups excluding tert-OH is 1. The van der Waals surface area contributed by atoms with Crippen LogP contribution < -0.4 is 5.32 Å². The third-order valence-electron chi connectivity index (χ3n) is 4.92. The number of nitrogens with one attached hydrogen (secondary N) is 1. The highest BCUT2D eigenvalue weighted by Gasteiger charge is 2.36. The zero-order valence-electron chi connectivity index (χ0n) is 17.3. The van der Waals surface area contributed by atoms with Crippen molar-refractivity contribution in [2.75, 3.05) is 18.4 Å². The number of carbonyl (C=O) groups is 1. The summed E-state index contributed by atoms with van der Waals surface area (Å²) in [4.78, 5) is 29.8. The van der Waals surface area contributed by atoms with Gasteiger partial charge >= 0.3 is 7.82 Å². The Labute approximate surface area is 198 Å². The first kappa shape index (κ1) is 26.6. The number of anilines is 1. The van der Waals surface area contributed by atoms with Crippen LogP contribution in [0.3, 0.4) is 0 Å². The summed E-state index contributed by atoms with van der Waals surface area (Å²) in [7, 11) is -9.62. The largest absolute Gasteiger partial charge is 0.469 e. The Balaban J connectivity index is 1.89. The van der Waals surface area contributed by atoms with Gasteiger partial charge in [-0.25, -0.2) is 21.8 Å². The molecule has 2 aromatic rings. The lowest BCUT2D eigenvalue weighted by molar-refractivity contribution is 0.102. The van der Waals surface area contributed by atoms with Crippen LogP contribution in [0.1, 0.15) is 23.2 Å². The van der Waals surface area contributed by atoms with E-state index in [1.54, 1.807) is 0 Å². The van der Waals surface area contributed by atoms with E-state index in [0.717, 1.165) is 30.3 Å². The normalized spacial score (nSPS) is 20.1. The average Bonchev–Trinajstić information content (AvgIpc) is 2.91. The molecule has 3 rings (SSSR count). The minimum atomic E-state index is -4.96. The van der Waals surface area contributed by atoms with Gasteiger partial charge in [0, 0.05) is 24.3 Å². The molecule has 0 saturated carbocycles. The van der Waals surface area contributed by atoms with E-state index in [2.05, 4.69) is 9.84 Å². The second-order valence-electron chi connectivity index (χ2n) is 7.50. The van der Waals surface area contributed by atoms with Gasteiger partial charge in [0.1, 0.15) is 16.5 Å². The summed E-state index contributed by atoms with van der Waals surface area (Å²) in [5, 5.41) is 12.2. The molecule has 1 saturated heterocycles. The van der Waals surface area contributed by atoms with Crippen LogP contribution in [-0.2, 0) is 19.1 Å². The average molecular weight is 541 g/mol. The maximum Gasteiger partial charge on any atom is 0.469 e. The van der Waals surface area contributed by atoms with Crippen LogP contribution in [0.25, 0.3) is 0 Å². The first-order chi connectivity index (χ1) is 15.8. The number of halogens is 3. The molecule has 0 aliphatic carbocycles. The molecule has 186 valence electrons. The van der Waals surface area contributed by atoms with E-state index in [-0.39, 0.29) is 29.1 Å². The monoisotopic (exact) mass is 540 g/mol. The van der Waals surface area contributed by atoms with Crippen LogP contribution in [0, 0.1) is 11.6 Å². The van der Waals surface area contributed by atoms with Crippen molar-refractivity contribution in [2.24, 2.45) is 0 Å². The second kappa shape index (κ2) is 10.3. The van der Waals surface area contributed by atoms with Crippen LogP contribution in [0.4, 0.5) is 14.5 Å². The fourth-order valence-corrected chi connectivity index (χ4v) is 5.67. The predicted octanol–water partition coefficient (Wildman–Crippen LogP) is 2.49. The van der Waals surface area contributed by atoms with E-state index in [9.17, 15) is 31.7 Å². The van der Waals surface area contributed by atoms with Crippen LogP contribution in [-0.4, -0.2) is 58.8 Å². The number of amides is 1. The minimum absolute atomic E-state index is 0.0121. The van der Waals surface area contributed by atoms with Gasteiger partial charge in [0.2, 0.25) is 10.0 Å². The Morgan fingerprint density at radius 1 is 1.12 bits per heavy atom. The number of benzene rings is 2. The van der Waals surface area contributed by atoms with Crippen LogP contribution in [0.5, 0.6) is 0 Å². The Hall–Kier alpha value is -1.96. The highest BCUT2D eigenvalue weighted by Crippen LogP contribution is 2.39. The highest BCUT2D eigenvalue weighted by molar-refractivity contribution is 7.89. The van der Waals surface area contributed by atoms with Crippen LogP contribution in [0.2, 0.25) is 5.02 Å². The van der Waals surface area contributed by atoms with E-state index in [1.807, 2.05) is 0 Å². The smallest absolute Gasteiger partial charge is 0.392 e. The molecule has 15 heteroatoms. The van der Waals surface area contributed by atoms with Crippen molar-refractivity contribution in [2.45, 2.75) is 29.9 Å². The van der Waals surface area contributed by atoms with Gasteiger partial charge in [0.15, 0.2) is 0 Å². The number of carbonyl (C=O) groups excluding carboxylic acids is 1. The summed E-state index contributed by atoms with van der Waals surface area (Å²) in [6.45, 7) is -1.04. The number of phosphoric acid groups is 1. The van der Waals surface area contributed by atoms with Gasteiger partial charge in [0.25, 0.3) is 5.91 Å². The molecule has 1 amide bonds. The molecule has 4 N–H and O–H groups in total. The summed E-state index contributed by atoms with van der Waals surface area (Å²) >= 11 is 5.67. The molecule has 0 spiro atoms. The number of aliphatic hydroxyl groups is 1. The van der Waals surface area contributed by atoms with Gasteiger partial charge in [-0.3, -0.25) is 9.32 Å². The third kappa shape index (κ3) is 6.58. The summed E-state index contributed by atoms with van der Waals surface area (Å²) < 4.78 is 70.6. The van der Waals surface area contributed by atoms with Gasteiger partial charge < -0.3 is 20.2 Å². The Morgan fingerprint density at radius 2 is 1.79 bits per heavy atom. The number of hydrogen-bond donors (Lipinski definition) is 4. The molecule has 1 heterocycles. The molecule has 2 unspecified atom stereocenters. The highest BCUT2D eigenvalue weighted by atomic mass is 35.5. The molecule has 1 aliphatic rings. The Morgan fingerprint density at radius 3 is 2.44 bits per heavy atom. The van der Waals surface area contributed by atoms with Crippen molar-refractivity contribution in [3.05, 3.63) is 58.6 Å². The molecule has 1 fully saturated rings. The van der Waals surface area contributed by atoms with Gasteiger partial charge in [0.05, 0.1) is 17.2 Å². The Kier molecular flexibility index (Phi) is 8.10. The van der Waals surface area contributed by atoms with Gasteiger partial charge in [-0.15, -0.1) is 0 Å². The molecular formula is C19H20ClF2N2O8PS. The number of rotatable bonds is 6. The number of nitrogens with zero attached hydrogens (tertiary/aromatic N) is 1. The molecule has 0 bridgehead atoms. The third-order valence-corrected chi connectivity index (χ3v) is 7.63. The minimum Gasteiger partial charge on any atom is -0.392 e. The van der Waals surface area contributed by atoms with Crippen molar-refractivity contribution in [1.29, 1.82) is 0 Å². The number of β-amino-alcohol motifs (C(OH)–C–C–N with tert-alkyl or cyclic N) is 1. The number of sulfonamides is 1. The van der Waals surface area contributed by atoms with E-state index in [1.165, 1.54) is 6.07 Å². The zero-order valence-corrected chi connectivity index (χ0v) is 19.7. The molecule has 1 aliphatic heterocycles. The number of hydrogen-bond acceptors (Lipinski definition) is 6. The van der Waals surface area contributed by atoms with Crippen molar-refractivity contribution < 1.29 is 46.0 Å². The maximum absolute atomic E-state index is 14.6. The SMILES string of the molecule is O=C(Nc1ccc(F)c(Cl)c1)c1ccc(F)c(S(=O)(=O)N2CC(O)CCC(OP(=O)(O)O)C2)c1. The molecule has 0 radical (unpaired) electrons. The standard InChI is InChI=1S/C19H20ClF2N2O8PS/c20-15-8-12(2-6-16(15)21)23-19(26)11-1-5-17(22)18(7-11)34(30,31)24-9-13(25)3-4-14(10-24)32-33(27,28)29/h1-2,5-8,13-14,25H,3-4,9-10H2,(H,23,26)(H2,27,28,29). The second-order valence-corrected chi connectivity index (χ2v) is 11.0. The van der Waals surface area contributed by atoms with Crippen molar-refractivity contribution >= 4 is 41.0 Å². The lowest BCUT2D eigenvalue weighted by Crippen LogP contribution is -2.40. The van der Waals surface area contributed by atoms with E-state index >= 15 is 0 Å². The zero-order chi connectivity index (χ0) is 25.3. The fraction of sp³-hybridized carbons (Fsp3) is 0.316. The van der Waals surface area contributed by atoms with Crippen LogP contribution >= 0.6 is 19.4 Å². The van der Waals surface area contributed by atoms with E-state index < -0.39 is 65.6 Å². The lowest BCUT2D eigenvalue weighted by atomic mass is 10.1. The lowest BCUT2D eigenvalue weighted by Gasteiger charge is -2.25. The van der Waals surface area contributed by atoms with Gasteiger partial charge in [-0.1, -0.05) is 11.6 Å². The molecular weight excluding hydrogens is 521 g/mol. The fourth-order valence-electron chi connectivity index (χ4n) is 3.33. The topological polar surface area (TPSA) is 153 Å². The molecule has 0 aromatic heterocycles. The summed E-state index contributed by atoms with van der Waals surface area (Å²) in [5.41, 5.74) is -0.142. The van der Waals surface area contributed by atoms with Gasteiger partial charge in [-0.2, -0.15) is 4.31 Å². The Bertz CT molecular complexity index is 1240. The van der Waals surface area contributed by atoms with E-state index in [0.29, 0.717) is 4.31 Å². The number of phosphoric ester groups is 1. The predicted molar refractivity (Wildman–Crippen MR) is 117 cm³/mol. The molecule has 34 heavy (non-hydrogen) atoms. The van der Waals surface area contributed by atoms with Crippen molar-refractivity contribution in [1.82, 2.24) is 4.31 Å². The van der Waals surface area contributed by atoms with Gasteiger partial charge in [-0.05, 0) is 49.2 Å². The first-order valence-corrected chi connectivity index (χ1v) is 13.1. The molecule has 2 aromatic carbocycles. The van der Waals surface area contributed by atoms with Crippen molar-refractivity contribution in [3.8, 4) is 0 Å². The molecule has 10 nitrogen and oxygen atoms in total. The summed E-state index contributed by atoms with van der Waals surface area (Å²) in [6, 6.07) is 5.94.